The van der Waals surface area contributed by atoms with Gasteiger partial charge in [0.15, 0.2) is 6.29 Å². The molecule has 92 valence electrons. The lowest BCUT2D eigenvalue weighted by molar-refractivity contribution is 0.112. The number of nitrogens with zero attached hydrogens (tertiary/aromatic N) is 1. The molecule has 0 saturated heterocycles. The number of benzene rings is 2. The van der Waals surface area contributed by atoms with Gasteiger partial charge in [-0.3, -0.25) is 4.79 Å². The van der Waals surface area contributed by atoms with E-state index in [0.717, 1.165) is 22.8 Å². The SMILES string of the molecule is O=Cc1c(-c2ccc3ccccc3c2)ccnc1Cl. The number of aldehydes is 1. The zero-order valence-corrected chi connectivity index (χ0v) is 10.8. The van der Waals surface area contributed by atoms with Crippen LogP contribution in [-0.4, -0.2) is 11.3 Å². The van der Waals surface area contributed by atoms with Gasteiger partial charge in [0.1, 0.15) is 5.15 Å². The van der Waals surface area contributed by atoms with Crippen molar-refractivity contribution < 1.29 is 4.79 Å². The van der Waals surface area contributed by atoms with E-state index in [4.69, 9.17) is 11.6 Å². The van der Waals surface area contributed by atoms with Gasteiger partial charge in [-0.05, 0) is 34.0 Å². The fourth-order valence-electron chi connectivity index (χ4n) is 2.17. The number of hydrogen-bond donors (Lipinski definition) is 0. The Kier molecular flexibility index (Phi) is 3.02. The molecule has 0 unspecified atom stereocenters. The first kappa shape index (κ1) is 11.9. The highest BCUT2D eigenvalue weighted by Gasteiger charge is 2.09. The summed E-state index contributed by atoms with van der Waals surface area (Å²) in [5.41, 5.74) is 2.20. The van der Waals surface area contributed by atoms with E-state index in [2.05, 4.69) is 11.1 Å². The number of aromatic nitrogens is 1. The minimum Gasteiger partial charge on any atom is -0.298 e. The van der Waals surface area contributed by atoms with Crippen molar-refractivity contribution in [2.45, 2.75) is 0 Å². The zero-order valence-electron chi connectivity index (χ0n) is 10.0. The van der Waals surface area contributed by atoms with E-state index in [-0.39, 0.29) is 5.15 Å². The molecule has 0 atom stereocenters. The highest BCUT2D eigenvalue weighted by Crippen LogP contribution is 2.28. The molecule has 1 heterocycles. The van der Waals surface area contributed by atoms with Crippen molar-refractivity contribution in [1.82, 2.24) is 4.98 Å². The van der Waals surface area contributed by atoms with Gasteiger partial charge in [-0.1, -0.05) is 48.0 Å². The average Bonchev–Trinajstić information content (AvgIpc) is 2.46. The molecule has 3 aromatic rings. The summed E-state index contributed by atoms with van der Waals surface area (Å²) < 4.78 is 0. The van der Waals surface area contributed by atoms with Gasteiger partial charge in [-0.25, -0.2) is 4.98 Å². The van der Waals surface area contributed by atoms with Crippen molar-refractivity contribution >= 4 is 28.7 Å². The Morgan fingerprint density at radius 2 is 1.79 bits per heavy atom. The van der Waals surface area contributed by atoms with E-state index in [9.17, 15) is 4.79 Å². The van der Waals surface area contributed by atoms with Crippen molar-refractivity contribution in [1.29, 1.82) is 0 Å². The highest BCUT2D eigenvalue weighted by atomic mass is 35.5. The van der Waals surface area contributed by atoms with Crippen molar-refractivity contribution in [3.63, 3.8) is 0 Å². The molecule has 0 amide bonds. The second kappa shape index (κ2) is 4.82. The molecule has 2 aromatic carbocycles. The number of rotatable bonds is 2. The molecule has 0 aliphatic heterocycles. The molecule has 1 aromatic heterocycles. The first-order valence-corrected chi connectivity index (χ1v) is 6.26. The Morgan fingerprint density at radius 3 is 2.58 bits per heavy atom. The van der Waals surface area contributed by atoms with Gasteiger partial charge < -0.3 is 0 Å². The lowest BCUT2D eigenvalue weighted by Gasteiger charge is -2.07. The third-order valence-corrected chi connectivity index (χ3v) is 3.42. The summed E-state index contributed by atoms with van der Waals surface area (Å²) in [7, 11) is 0. The van der Waals surface area contributed by atoms with E-state index in [1.54, 1.807) is 12.3 Å². The molecule has 0 aliphatic carbocycles. The number of carbonyl (C=O) groups excluding carboxylic acids is 1. The van der Waals surface area contributed by atoms with Crippen LogP contribution in [0.1, 0.15) is 10.4 Å². The predicted octanol–water partition coefficient (Wildman–Crippen LogP) is 4.37. The molecule has 0 N–H and O–H groups in total. The fraction of sp³-hybridized carbons (Fsp3) is 0. The molecule has 3 heteroatoms. The van der Waals surface area contributed by atoms with Crippen LogP contribution in [0.5, 0.6) is 0 Å². The van der Waals surface area contributed by atoms with Gasteiger partial charge in [0, 0.05) is 6.20 Å². The molecule has 0 fully saturated rings. The molecule has 19 heavy (non-hydrogen) atoms. The topological polar surface area (TPSA) is 30.0 Å². The molecular formula is C16H10ClNO. The molecular weight excluding hydrogens is 258 g/mol. The number of carbonyl (C=O) groups is 1. The van der Waals surface area contributed by atoms with E-state index in [1.165, 1.54) is 5.39 Å². The number of hydrogen-bond acceptors (Lipinski definition) is 2. The highest BCUT2D eigenvalue weighted by molar-refractivity contribution is 6.32. The van der Waals surface area contributed by atoms with E-state index >= 15 is 0 Å². The Hall–Kier alpha value is -2.19. The summed E-state index contributed by atoms with van der Waals surface area (Å²) in [6.07, 6.45) is 2.36. The van der Waals surface area contributed by atoms with Crippen molar-refractivity contribution in [2.75, 3.05) is 0 Å². The Labute approximate surface area is 115 Å². The van der Waals surface area contributed by atoms with Gasteiger partial charge in [-0.2, -0.15) is 0 Å². The fourth-order valence-corrected chi connectivity index (χ4v) is 2.37. The van der Waals surface area contributed by atoms with Crippen LogP contribution in [0.4, 0.5) is 0 Å². The monoisotopic (exact) mass is 267 g/mol. The maximum absolute atomic E-state index is 11.2. The molecule has 0 bridgehead atoms. The van der Waals surface area contributed by atoms with Crippen molar-refractivity contribution in [3.05, 3.63) is 65.4 Å². The Balaban J connectivity index is 2.24. The predicted molar refractivity (Wildman–Crippen MR) is 77.6 cm³/mol. The largest absolute Gasteiger partial charge is 0.298 e. The first-order valence-electron chi connectivity index (χ1n) is 5.88. The van der Waals surface area contributed by atoms with Gasteiger partial charge in [0.05, 0.1) is 5.56 Å². The van der Waals surface area contributed by atoms with Gasteiger partial charge in [0.25, 0.3) is 0 Å². The smallest absolute Gasteiger partial charge is 0.153 e. The van der Waals surface area contributed by atoms with Crippen LogP contribution in [-0.2, 0) is 0 Å². The van der Waals surface area contributed by atoms with Crippen LogP contribution in [0.25, 0.3) is 21.9 Å². The maximum Gasteiger partial charge on any atom is 0.153 e. The minimum absolute atomic E-state index is 0.237. The van der Waals surface area contributed by atoms with Gasteiger partial charge >= 0.3 is 0 Å². The normalized spacial score (nSPS) is 10.6. The Morgan fingerprint density at radius 1 is 1.00 bits per heavy atom. The number of pyridine rings is 1. The van der Waals surface area contributed by atoms with Crippen LogP contribution < -0.4 is 0 Å². The lowest BCUT2D eigenvalue weighted by Crippen LogP contribution is -1.91. The summed E-state index contributed by atoms with van der Waals surface area (Å²) in [5, 5.41) is 2.53. The van der Waals surface area contributed by atoms with Crippen molar-refractivity contribution in [3.8, 4) is 11.1 Å². The van der Waals surface area contributed by atoms with Crippen LogP contribution in [0.3, 0.4) is 0 Å². The van der Waals surface area contributed by atoms with E-state index in [0.29, 0.717) is 5.56 Å². The van der Waals surface area contributed by atoms with Crippen LogP contribution in [0.2, 0.25) is 5.15 Å². The maximum atomic E-state index is 11.2. The molecule has 3 rings (SSSR count). The summed E-state index contributed by atoms with van der Waals surface area (Å²) in [6.45, 7) is 0. The summed E-state index contributed by atoms with van der Waals surface area (Å²) in [4.78, 5) is 15.1. The molecule has 0 spiro atoms. The summed E-state index contributed by atoms with van der Waals surface area (Å²) in [5.74, 6) is 0. The van der Waals surface area contributed by atoms with E-state index < -0.39 is 0 Å². The second-order valence-corrected chi connectivity index (χ2v) is 4.60. The molecule has 0 radical (unpaired) electrons. The summed E-state index contributed by atoms with van der Waals surface area (Å²) >= 11 is 5.96. The second-order valence-electron chi connectivity index (χ2n) is 4.24. The first-order chi connectivity index (χ1) is 9.29. The number of halogens is 1. The zero-order chi connectivity index (χ0) is 13.2. The van der Waals surface area contributed by atoms with Crippen LogP contribution in [0, 0.1) is 0 Å². The third-order valence-electron chi connectivity index (χ3n) is 3.12. The average molecular weight is 268 g/mol. The minimum atomic E-state index is 0.237. The van der Waals surface area contributed by atoms with Crippen LogP contribution >= 0.6 is 11.6 Å². The number of fused-ring (bicyclic) bond motifs is 1. The standard InChI is InChI=1S/C16H10ClNO/c17-16-15(10-19)14(7-8-18-16)13-6-5-11-3-1-2-4-12(11)9-13/h1-10H. The van der Waals surface area contributed by atoms with Crippen LogP contribution in [0.15, 0.2) is 54.7 Å². The third kappa shape index (κ3) is 2.11. The molecule has 0 saturated carbocycles. The van der Waals surface area contributed by atoms with E-state index in [1.807, 2.05) is 36.4 Å². The van der Waals surface area contributed by atoms with Crippen molar-refractivity contribution in [2.24, 2.45) is 0 Å². The lowest BCUT2D eigenvalue weighted by atomic mass is 9.99. The van der Waals surface area contributed by atoms with Gasteiger partial charge in [-0.15, -0.1) is 0 Å². The Bertz CT molecular complexity index is 768. The quantitative estimate of drug-likeness (QED) is 0.510. The molecule has 2 nitrogen and oxygen atoms in total. The summed E-state index contributed by atoms with van der Waals surface area (Å²) in [6, 6.07) is 16.0. The molecule has 0 aliphatic rings. The van der Waals surface area contributed by atoms with Gasteiger partial charge in [0.2, 0.25) is 0 Å².